The quantitative estimate of drug-likeness (QED) is 0.867. The highest BCUT2D eigenvalue weighted by Gasteiger charge is 2.04. The van der Waals surface area contributed by atoms with Gasteiger partial charge in [-0.1, -0.05) is 19.1 Å². The third-order valence-corrected chi connectivity index (χ3v) is 3.24. The lowest BCUT2D eigenvalue weighted by Gasteiger charge is -2.10. The van der Waals surface area contributed by atoms with Gasteiger partial charge < -0.3 is 10.5 Å². The molecule has 0 saturated heterocycles. The third-order valence-electron chi connectivity index (χ3n) is 3.24. The van der Waals surface area contributed by atoms with Crippen LogP contribution in [0.25, 0.3) is 0 Å². The van der Waals surface area contributed by atoms with Crippen LogP contribution in [0.5, 0.6) is 5.75 Å². The van der Waals surface area contributed by atoms with Crippen LogP contribution < -0.4 is 10.5 Å². The molecule has 0 amide bonds. The van der Waals surface area contributed by atoms with Crippen LogP contribution >= 0.6 is 0 Å². The van der Waals surface area contributed by atoms with Gasteiger partial charge in [-0.2, -0.15) is 5.10 Å². The number of rotatable bonds is 6. The smallest absolute Gasteiger partial charge is 0.122 e. The van der Waals surface area contributed by atoms with Crippen molar-refractivity contribution in [3.63, 3.8) is 0 Å². The summed E-state index contributed by atoms with van der Waals surface area (Å²) >= 11 is 0. The summed E-state index contributed by atoms with van der Waals surface area (Å²) in [6, 6.07) is 6.41. The molecule has 0 radical (unpaired) electrons. The van der Waals surface area contributed by atoms with Crippen LogP contribution in [-0.2, 0) is 19.4 Å². The van der Waals surface area contributed by atoms with E-state index in [1.165, 1.54) is 11.1 Å². The molecule has 4 nitrogen and oxygen atoms in total. The van der Waals surface area contributed by atoms with Crippen LogP contribution in [0.4, 0.5) is 5.69 Å². The molecule has 102 valence electrons. The van der Waals surface area contributed by atoms with E-state index in [4.69, 9.17) is 10.5 Å². The summed E-state index contributed by atoms with van der Waals surface area (Å²) in [5.41, 5.74) is 8.97. The molecule has 0 saturated carbocycles. The Kier molecular flexibility index (Phi) is 4.44. The molecule has 0 unspecified atom stereocenters. The lowest BCUT2D eigenvalue weighted by molar-refractivity contribution is 0.408. The monoisotopic (exact) mass is 259 g/mol. The number of anilines is 1. The second kappa shape index (κ2) is 6.27. The molecule has 0 aliphatic heterocycles. The predicted octanol–water partition coefficient (Wildman–Crippen LogP) is 2.67. The molecule has 19 heavy (non-hydrogen) atoms. The van der Waals surface area contributed by atoms with Crippen molar-refractivity contribution in [2.75, 3.05) is 12.8 Å². The first-order valence-corrected chi connectivity index (χ1v) is 6.66. The SMILES string of the molecule is CCc1ccc(OC)c(CCCn2cc(N)cn2)c1. The fourth-order valence-electron chi connectivity index (χ4n) is 2.18. The molecule has 2 N–H and O–H groups in total. The highest BCUT2D eigenvalue weighted by Crippen LogP contribution is 2.22. The zero-order valence-electron chi connectivity index (χ0n) is 11.6. The van der Waals surface area contributed by atoms with Gasteiger partial charge in [0.25, 0.3) is 0 Å². The highest BCUT2D eigenvalue weighted by molar-refractivity contribution is 5.37. The molecule has 2 rings (SSSR count). The maximum atomic E-state index is 5.64. The first kappa shape index (κ1) is 13.5. The molecular formula is C15H21N3O. The molecule has 4 heteroatoms. The summed E-state index contributed by atoms with van der Waals surface area (Å²) < 4.78 is 7.29. The normalized spacial score (nSPS) is 10.6. The van der Waals surface area contributed by atoms with Crippen LogP contribution in [0.3, 0.4) is 0 Å². The third kappa shape index (κ3) is 3.50. The highest BCUT2D eigenvalue weighted by atomic mass is 16.5. The lowest BCUT2D eigenvalue weighted by atomic mass is 10.0. The van der Waals surface area contributed by atoms with Gasteiger partial charge in [0.05, 0.1) is 19.0 Å². The van der Waals surface area contributed by atoms with E-state index in [1.807, 2.05) is 10.9 Å². The second-order valence-corrected chi connectivity index (χ2v) is 4.64. The standard InChI is InChI=1S/C15H21N3O/c1-3-12-6-7-15(19-2)13(9-12)5-4-8-18-11-14(16)10-17-18/h6-7,9-11H,3-5,8,16H2,1-2H3. The van der Waals surface area contributed by atoms with Crippen molar-refractivity contribution in [3.05, 3.63) is 41.7 Å². The van der Waals surface area contributed by atoms with Crippen molar-refractivity contribution in [2.24, 2.45) is 0 Å². The topological polar surface area (TPSA) is 53.1 Å². The van der Waals surface area contributed by atoms with E-state index in [1.54, 1.807) is 13.3 Å². The molecular weight excluding hydrogens is 238 g/mol. The van der Waals surface area contributed by atoms with Gasteiger partial charge in [0.1, 0.15) is 5.75 Å². The molecule has 1 heterocycles. The Bertz CT molecular complexity index is 534. The summed E-state index contributed by atoms with van der Waals surface area (Å²) in [6.45, 7) is 3.04. The van der Waals surface area contributed by atoms with Gasteiger partial charge in [-0.05, 0) is 36.5 Å². The van der Waals surface area contributed by atoms with Gasteiger partial charge in [0.15, 0.2) is 0 Å². The Morgan fingerprint density at radius 1 is 1.37 bits per heavy atom. The van der Waals surface area contributed by atoms with Crippen LogP contribution in [-0.4, -0.2) is 16.9 Å². The Morgan fingerprint density at radius 3 is 2.84 bits per heavy atom. The van der Waals surface area contributed by atoms with Gasteiger partial charge in [-0.3, -0.25) is 4.68 Å². The van der Waals surface area contributed by atoms with E-state index >= 15 is 0 Å². The van der Waals surface area contributed by atoms with E-state index in [-0.39, 0.29) is 0 Å². The van der Waals surface area contributed by atoms with Crippen LogP contribution in [0, 0.1) is 0 Å². The van der Waals surface area contributed by atoms with Crippen molar-refractivity contribution in [1.82, 2.24) is 9.78 Å². The van der Waals surface area contributed by atoms with Crippen molar-refractivity contribution in [1.29, 1.82) is 0 Å². The van der Waals surface area contributed by atoms with Crippen molar-refractivity contribution >= 4 is 5.69 Å². The van der Waals surface area contributed by atoms with E-state index in [0.717, 1.165) is 31.6 Å². The molecule has 1 aromatic carbocycles. The van der Waals surface area contributed by atoms with Gasteiger partial charge in [-0.15, -0.1) is 0 Å². The fraction of sp³-hybridized carbons (Fsp3) is 0.400. The molecule has 0 spiro atoms. The number of aryl methyl sites for hydroxylation is 3. The van der Waals surface area contributed by atoms with Gasteiger partial charge in [0.2, 0.25) is 0 Å². The van der Waals surface area contributed by atoms with Crippen molar-refractivity contribution < 1.29 is 4.74 Å². The average Bonchev–Trinajstić information content (AvgIpc) is 2.84. The number of nitrogens with zero attached hydrogens (tertiary/aromatic N) is 2. The number of hydrogen-bond acceptors (Lipinski definition) is 3. The summed E-state index contributed by atoms with van der Waals surface area (Å²) in [5, 5.41) is 4.18. The number of nitrogens with two attached hydrogens (primary N) is 1. The number of aromatic nitrogens is 2. The Morgan fingerprint density at radius 2 is 2.21 bits per heavy atom. The predicted molar refractivity (Wildman–Crippen MR) is 77.3 cm³/mol. The maximum absolute atomic E-state index is 5.64. The zero-order valence-corrected chi connectivity index (χ0v) is 11.6. The van der Waals surface area contributed by atoms with E-state index in [0.29, 0.717) is 5.69 Å². The van der Waals surface area contributed by atoms with Crippen LogP contribution in [0.1, 0.15) is 24.5 Å². The lowest BCUT2D eigenvalue weighted by Crippen LogP contribution is -2.01. The minimum atomic E-state index is 0.713. The Balaban J connectivity index is 1.98. The number of ether oxygens (including phenoxy) is 1. The van der Waals surface area contributed by atoms with E-state index in [9.17, 15) is 0 Å². The molecule has 0 aliphatic carbocycles. The van der Waals surface area contributed by atoms with Gasteiger partial charge in [0, 0.05) is 12.7 Å². The summed E-state index contributed by atoms with van der Waals surface area (Å²) in [4.78, 5) is 0. The van der Waals surface area contributed by atoms with Gasteiger partial charge in [-0.25, -0.2) is 0 Å². The summed E-state index contributed by atoms with van der Waals surface area (Å²) in [6.07, 6.45) is 6.59. The first-order valence-electron chi connectivity index (χ1n) is 6.66. The van der Waals surface area contributed by atoms with E-state index in [2.05, 4.69) is 30.2 Å². The van der Waals surface area contributed by atoms with Gasteiger partial charge >= 0.3 is 0 Å². The summed E-state index contributed by atoms with van der Waals surface area (Å²) in [5.74, 6) is 0.970. The molecule has 2 aromatic rings. The minimum Gasteiger partial charge on any atom is -0.496 e. The number of nitrogen functional groups attached to an aromatic ring is 1. The Labute approximate surface area is 114 Å². The molecule has 0 fully saturated rings. The van der Waals surface area contributed by atoms with E-state index < -0.39 is 0 Å². The molecule has 0 aliphatic rings. The minimum absolute atomic E-state index is 0.713. The fourth-order valence-corrected chi connectivity index (χ4v) is 2.18. The molecule has 0 atom stereocenters. The van der Waals surface area contributed by atoms with Crippen molar-refractivity contribution in [2.45, 2.75) is 32.7 Å². The number of hydrogen-bond donors (Lipinski definition) is 1. The van der Waals surface area contributed by atoms with Crippen molar-refractivity contribution in [3.8, 4) is 5.75 Å². The van der Waals surface area contributed by atoms with Crippen LogP contribution in [0.2, 0.25) is 0 Å². The number of benzene rings is 1. The zero-order chi connectivity index (χ0) is 13.7. The summed E-state index contributed by atoms with van der Waals surface area (Å²) in [7, 11) is 1.72. The van der Waals surface area contributed by atoms with Crippen LogP contribution in [0.15, 0.2) is 30.6 Å². The molecule has 0 bridgehead atoms. The first-order chi connectivity index (χ1) is 9.22. The molecule has 1 aromatic heterocycles. The maximum Gasteiger partial charge on any atom is 0.122 e. The Hall–Kier alpha value is -1.97. The largest absolute Gasteiger partial charge is 0.496 e. The average molecular weight is 259 g/mol. The second-order valence-electron chi connectivity index (χ2n) is 4.64. The number of methoxy groups -OCH3 is 1.